The molecule has 2 atom stereocenters. The van der Waals surface area contributed by atoms with Crippen LogP contribution >= 0.6 is 0 Å². The molecule has 2 N–H and O–H groups in total. The topological polar surface area (TPSA) is 53.1 Å². The first-order valence-electron chi connectivity index (χ1n) is 7.59. The van der Waals surface area contributed by atoms with Crippen molar-refractivity contribution < 1.29 is 9.13 Å². The zero-order valence-corrected chi connectivity index (χ0v) is 12.6. The number of nitrogen functional groups attached to an aromatic ring is 1. The molecule has 1 heterocycles. The quantitative estimate of drug-likeness (QED) is 0.940. The van der Waals surface area contributed by atoms with Crippen molar-refractivity contribution in [2.45, 2.75) is 39.2 Å². The zero-order valence-electron chi connectivity index (χ0n) is 12.6. The molecule has 0 saturated heterocycles. The van der Waals surface area contributed by atoms with Crippen LogP contribution in [0.15, 0.2) is 12.1 Å². The lowest BCUT2D eigenvalue weighted by molar-refractivity contribution is 0.231. The van der Waals surface area contributed by atoms with Gasteiger partial charge in [-0.1, -0.05) is 26.2 Å². The second-order valence-electron chi connectivity index (χ2n) is 6.08. The minimum absolute atomic E-state index is 0.236. The monoisotopic (exact) mass is 291 g/mol. The molecule has 1 aliphatic rings. The highest BCUT2D eigenvalue weighted by Crippen LogP contribution is 2.33. The van der Waals surface area contributed by atoms with Crippen LogP contribution in [0.5, 0.6) is 5.75 Å². The number of benzene rings is 1. The minimum atomic E-state index is -0.402. The maximum Gasteiger partial charge on any atom is 0.201 e. The van der Waals surface area contributed by atoms with E-state index in [0.29, 0.717) is 23.3 Å². The summed E-state index contributed by atoms with van der Waals surface area (Å²) < 4.78 is 20.8. The second-order valence-corrected chi connectivity index (χ2v) is 6.08. The van der Waals surface area contributed by atoms with Crippen LogP contribution in [0.2, 0.25) is 0 Å². The van der Waals surface area contributed by atoms with Crippen LogP contribution in [0.3, 0.4) is 0 Å². The van der Waals surface area contributed by atoms with E-state index in [2.05, 4.69) is 11.9 Å². The summed E-state index contributed by atoms with van der Waals surface area (Å²) in [5.74, 6) is 1.59. The van der Waals surface area contributed by atoms with Gasteiger partial charge in [-0.25, -0.2) is 9.37 Å². The summed E-state index contributed by atoms with van der Waals surface area (Å²) in [6.45, 7) is 3.15. The molecule has 0 spiro atoms. The molecule has 1 aromatic heterocycles. The van der Waals surface area contributed by atoms with Crippen molar-refractivity contribution in [2.24, 2.45) is 11.8 Å². The molecule has 0 radical (unpaired) electrons. The lowest BCUT2D eigenvalue weighted by Crippen LogP contribution is -2.22. The van der Waals surface area contributed by atoms with Crippen molar-refractivity contribution in [3.63, 3.8) is 0 Å². The molecule has 2 aromatic rings. The fourth-order valence-corrected chi connectivity index (χ4v) is 3.39. The first kappa shape index (κ1) is 14.2. The van der Waals surface area contributed by atoms with Gasteiger partial charge in [0.15, 0.2) is 11.6 Å². The second kappa shape index (κ2) is 5.54. The van der Waals surface area contributed by atoms with Gasteiger partial charge < -0.3 is 15.0 Å². The van der Waals surface area contributed by atoms with Crippen molar-refractivity contribution in [1.29, 1.82) is 0 Å². The Bertz CT molecular complexity index is 652. The molecule has 3 rings (SSSR count). The lowest BCUT2D eigenvalue weighted by Gasteiger charge is -2.29. The highest BCUT2D eigenvalue weighted by Gasteiger charge is 2.23. The van der Waals surface area contributed by atoms with Crippen molar-refractivity contribution >= 4 is 17.0 Å². The summed E-state index contributed by atoms with van der Waals surface area (Å²) in [4.78, 5) is 4.29. The number of nitrogens with two attached hydrogens (primary N) is 1. The summed E-state index contributed by atoms with van der Waals surface area (Å²) >= 11 is 0. The zero-order chi connectivity index (χ0) is 15.0. The molecule has 1 aliphatic carbocycles. The fraction of sp³-hybridized carbons (Fsp3) is 0.562. The lowest BCUT2D eigenvalue weighted by atomic mass is 9.80. The minimum Gasteiger partial charge on any atom is -0.494 e. The number of rotatable bonds is 3. The van der Waals surface area contributed by atoms with Crippen molar-refractivity contribution in [1.82, 2.24) is 9.55 Å². The molecule has 1 fully saturated rings. The molecular formula is C16H22FN3O. The molecule has 114 valence electrons. The summed E-state index contributed by atoms with van der Waals surface area (Å²) in [6, 6.07) is 3.09. The number of fused-ring (bicyclic) bond motifs is 1. The third kappa shape index (κ3) is 2.57. The van der Waals surface area contributed by atoms with E-state index in [1.165, 1.54) is 38.9 Å². The van der Waals surface area contributed by atoms with Gasteiger partial charge >= 0.3 is 0 Å². The maximum atomic E-state index is 13.8. The Morgan fingerprint density at radius 1 is 1.38 bits per heavy atom. The van der Waals surface area contributed by atoms with Crippen LogP contribution in [0.1, 0.15) is 32.6 Å². The molecule has 4 nitrogen and oxygen atoms in total. The fourth-order valence-electron chi connectivity index (χ4n) is 3.39. The average molecular weight is 291 g/mol. The van der Waals surface area contributed by atoms with Gasteiger partial charge in [0.05, 0.1) is 18.1 Å². The van der Waals surface area contributed by atoms with E-state index in [0.717, 1.165) is 12.1 Å². The Hall–Kier alpha value is -1.78. The number of hydrogen-bond donors (Lipinski definition) is 1. The van der Waals surface area contributed by atoms with Crippen molar-refractivity contribution in [3.05, 3.63) is 17.9 Å². The number of anilines is 1. The first-order chi connectivity index (χ1) is 10.1. The van der Waals surface area contributed by atoms with E-state index in [1.807, 2.05) is 4.57 Å². The van der Waals surface area contributed by atoms with Gasteiger partial charge in [-0.05, 0) is 18.3 Å². The number of ether oxygens (including phenoxy) is 1. The molecule has 2 unspecified atom stereocenters. The Morgan fingerprint density at radius 2 is 2.14 bits per heavy atom. The highest BCUT2D eigenvalue weighted by atomic mass is 19.1. The predicted octanol–water partition coefficient (Wildman–Crippen LogP) is 3.59. The standard InChI is InChI=1S/C16H22FN3O/c1-10-5-3-4-6-11(10)9-20-14-8-15(21-2)12(17)7-13(14)19-16(20)18/h7-8,10-11H,3-6,9H2,1-2H3,(H2,18,19). The summed E-state index contributed by atoms with van der Waals surface area (Å²) in [6.07, 6.45) is 5.09. The van der Waals surface area contributed by atoms with Gasteiger partial charge in [-0.15, -0.1) is 0 Å². The van der Waals surface area contributed by atoms with Crippen LogP contribution in [0.25, 0.3) is 11.0 Å². The Balaban J connectivity index is 1.99. The molecular weight excluding hydrogens is 269 g/mol. The van der Waals surface area contributed by atoms with Crippen molar-refractivity contribution in [3.8, 4) is 5.75 Å². The number of hydrogen-bond acceptors (Lipinski definition) is 3. The normalized spacial score (nSPS) is 22.6. The van der Waals surface area contributed by atoms with Gasteiger partial charge in [0.2, 0.25) is 5.95 Å². The van der Waals surface area contributed by atoms with Gasteiger partial charge in [0.25, 0.3) is 0 Å². The molecule has 1 aromatic carbocycles. The number of aromatic nitrogens is 2. The van der Waals surface area contributed by atoms with E-state index in [-0.39, 0.29) is 5.75 Å². The van der Waals surface area contributed by atoms with E-state index < -0.39 is 5.82 Å². The summed E-state index contributed by atoms with van der Waals surface area (Å²) in [5.41, 5.74) is 7.49. The number of halogens is 1. The average Bonchev–Trinajstić information content (AvgIpc) is 2.75. The molecule has 21 heavy (non-hydrogen) atoms. The first-order valence-corrected chi connectivity index (χ1v) is 7.59. The van der Waals surface area contributed by atoms with Crippen LogP contribution in [-0.2, 0) is 6.54 Å². The SMILES string of the molecule is COc1cc2c(cc1F)nc(N)n2CC1CCCCC1C. The number of methoxy groups -OCH3 is 1. The van der Waals surface area contributed by atoms with E-state index in [9.17, 15) is 4.39 Å². The van der Waals surface area contributed by atoms with Crippen LogP contribution < -0.4 is 10.5 Å². The highest BCUT2D eigenvalue weighted by molar-refractivity contribution is 5.80. The molecule has 5 heteroatoms. The van der Waals surface area contributed by atoms with Gasteiger partial charge in [-0.3, -0.25) is 0 Å². The molecule has 0 aliphatic heterocycles. The smallest absolute Gasteiger partial charge is 0.201 e. The van der Waals surface area contributed by atoms with E-state index in [4.69, 9.17) is 10.5 Å². The Labute approximate surface area is 124 Å². The Kier molecular flexibility index (Phi) is 3.74. The van der Waals surface area contributed by atoms with E-state index in [1.54, 1.807) is 6.07 Å². The third-order valence-corrected chi connectivity index (χ3v) is 4.76. The number of nitrogens with zero attached hydrogens (tertiary/aromatic N) is 2. The maximum absolute atomic E-state index is 13.8. The van der Waals surface area contributed by atoms with E-state index >= 15 is 0 Å². The van der Waals surface area contributed by atoms with Gasteiger partial charge in [0.1, 0.15) is 0 Å². The van der Waals surface area contributed by atoms with Gasteiger partial charge in [-0.2, -0.15) is 0 Å². The Morgan fingerprint density at radius 3 is 2.86 bits per heavy atom. The third-order valence-electron chi connectivity index (χ3n) is 4.76. The van der Waals surface area contributed by atoms with Gasteiger partial charge in [0, 0.05) is 18.7 Å². The van der Waals surface area contributed by atoms with Crippen LogP contribution in [0.4, 0.5) is 10.3 Å². The number of imidazole rings is 1. The van der Waals surface area contributed by atoms with Crippen LogP contribution in [-0.4, -0.2) is 16.7 Å². The van der Waals surface area contributed by atoms with Crippen molar-refractivity contribution in [2.75, 3.05) is 12.8 Å². The summed E-state index contributed by atoms with van der Waals surface area (Å²) in [7, 11) is 1.47. The van der Waals surface area contributed by atoms with Crippen LogP contribution in [0, 0.1) is 17.7 Å². The molecule has 0 bridgehead atoms. The largest absolute Gasteiger partial charge is 0.494 e. The molecule has 0 amide bonds. The molecule has 1 saturated carbocycles. The predicted molar refractivity (Wildman–Crippen MR) is 81.8 cm³/mol. The summed E-state index contributed by atoms with van der Waals surface area (Å²) in [5, 5.41) is 0.